The minimum absolute atomic E-state index is 0.253. The minimum atomic E-state index is 0.253. The summed E-state index contributed by atoms with van der Waals surface area (Å²) in [6, 6.07) is 1.96. The van der Waals surface area contributed by atoms with Gasteiger partial charge >= 0.3 is 0 Å². The molecule has 1 aromatic rings. The average molecular weight is 204 g/mol. The molecule has 0 aromatic carbocycles. The summed E-state index contributed by atoms with van der Waals surface area (Å²) >= 11 is 0. The third kappa shape index (κ3) is 2.42. The van der Waals surface area contributed by atoms with E-state index in [9.17, 15) is 0 Å². The maximum absolute atomic E-state index is 8.77. The highest BCUT2D eigenvalue weighted by Gasteiger charge is 2.16. The largest absolute Gasteiger partial charge is 0.475 e. The third-order valence-corrected chi connectivity index (χ3v) is 2.39. The van der Waals surface area contributed by atoms with Crippen molar-refractivity contribution in [2.75, 3.05) is 19.7 Å². The molecule has 1 atom stereocenters. The number of nitriles is 1. The number of hydrogen-bond donors (Lipinski definition) is 1. The molecule has 5 nitrogen and oxygen atoms in total. The number of nitrogens with one attached hydrogen (secondary N) is 1. The zero-order chi connectivity index (χ0) is 10.5. The van der Waals surface area contributed by atoms with Crippen LogP contribution in [-0.2, 0) is 0 Å². The first-order valence-corrected chi connectivity index (χ1v) is 4.95. The molecule has 1 N–H and O–H groups in total. The first kappa shape index (κ1) is 9.87. The standard InChI is InChI=1S/C10H12N4O/c11-5-9-10(14-4-3-13-9)15-7-8-1-2-12-6-8/h3-4,8,12H,1-2,6-7H2. The molecule has 0 spiro atoms. The molecule has 0 saturated carbocycles. The van der Waals surface area contributed by atoms with Crippen molar-refractivity contribution in [3.8, 4) is 11.9 Å². The van der Waals surface area contributed by atoms with Crippen LogP contribution in [0.1, 0.15) is 12.1 Å². The van der Waals surface area contributed by atoms with Crippen LogP contribution in [0, 0.1) is 17.2 Å². The van der Waals surface area contributed by atoms with Crippen LogP contribution in [0.15, 0.2) is 12.4 Å². The van der Waals surface area contributed by atoms with Gasteiger partial charge in [-0.1, -0.05) is 0 Å². The fraction of sp³-hybridized carbons (Fsp3) is 0.500. The second-order valence-corrected chi connectivity index (χ2v) is 3.49. The highest BCUT2D eigenvalue weighted by atomic mass is 16.5. The van der Waals surface area contributed by atoms with Crippen molar-refractivity contribution in [1.29, 1.82) is 5.26 Å². The molecule has 1 unspecified atom stereocenters. The van der Waals surface area contributed by atoms with Crippen LogP contribution >= 0.6 is 0 Å². The van der Waals surface area contributed by atoms with Crippen molar-refractivity contribution in [3.63, 3.8) is 0 Å². The molecule has 2 rings (SSSR count). The van der Waals surface area contributed by atoms with Crippen molar-refractivity contribution in [1.82, 2.24) is 15.3 Å². The van der Waals surface area contributed by atoms with Gasteiger partial charge in [0.1, 0.15) is 6.07 Å². The Balaban J connectivity index is 1.95. The summed E-state index contributed by atoms with van der Waals surface area (Å²) in [5.74, 6) is 0.852. The van der Waals surface area contributed by atoms with Gasteiger partial charge in [-0.15, -0.1) is 0 Å². The topological polar surface area (TPSA) is 70.8 Å². The summed E-state index contributed by atoms with van der Waals surface area (Å²) in [5.41, 5.74) is 0.253. The van der Waals surface area contributed by atoms with Gasteiger partial charge < -0.3 is 10.1 Å². The van der Waals surface area contributed by atoms with Crippen LogP contribution in [0.2, 0.25) is 0 Å². The van der Waals surface area contributed by atoms with E-state index in [1.807, 2.05) is 6.07 Å². The van der Waals surface area contributed by atoms with Crippen molar-refractivity contribution in [3.05, 3.63) is 18.1 Å². The molecule has 1 fully saturated rings. The summed E-state index contributed by atoms with van der Waals surface area (Å²) in [7, 11) is 0. The summed E-state index contributed by atoms with van der Waals surface area (Å²) in [5, 5.41) is 12.0. The molecular weight excluding hydrogens is 192 g/mol. The smallest absolute Gasteiger partial charge is 0.251 e. The van der Waals surface area contributed by atoms with Gasteiger partial charge in [-0.3, -0.25) is 0 Å². The average Bonchev–Trinajstić information content (AvgIpc) is 2.79. The predicted octanol–water partition coefficient (Wildman–Crippen LogP) is 0.337. The second kappa shape index (κ2) is 4.71. The van der Waals surface area contributed by atoms with Gasteiger partial charge in [0.05, 0.1) is 6.61 Å². The second-order valence-electron chi connectivity index (χ2n) is 3.49. The fourth-order valence-electron chi connectivity index (χ4n) is 1.56. The van der Waals surface area contributed by atoms with E-state index in [0.29, 0.717) is 18.4 Å². The third-order valence-electron chi connectivity index (χ3n) is 2.39. The van der Waals surface area contributed by atoms with Crippen LogP contribution in [0.3, 0.4) is 0 Å². The monoisotopic (exact) mass is 204 g/mol. The normalized spacial score (nSPS) is 19.8. The Hall–Kier alpha value is -1.67. The maximum Gasteiger partial charge on any atom is 0.251 e. The van der Waals surface area contributed by atoms with Gasteiger partial charge in [-0.25, -0.2) is 9.97 Å². The molecule has 0 aliphatic carbocycles. The van der Waals surface area contributed by atoms with Gasteiger partial charge in [0.2, 0.25) is 5.69 Å². The first-order valence-electron chi connectivity index (χ1n) is 4.95. The molecular formula is C10H12N4O. The Morgan fingerprint density at radius 2 is 2.40 bits per heavy atom. The molecule has 1 saturated heterocycles. The molecule has 0 bridgehead atoms. The maximum atomic E-state index is 8.77. The van der Waals surface area contributed by atoms with Crippen LogP contribution in [0.5, 0.6) is 5.88 Å². The van der Waals surface area contributed by atoms with E-state index < -0.39 is 0 Å². The van der Waals surface area contributed by atoms with Gasteiger partial charge in [0.25, 0.3) is 5.88 Å². The summed E-state index contributed by atoms with van der Waals surface area (Å²) in [4.78, 5) is 7.86. The first-order chi connectivity index (χ1) is 7.40. The van der Waals surface area contributed by atoms with E-state index in [1.165, 1.54) is 12.4 Å². The van der Waals surface area contributed by atoms with Crippen molar-refractivity contribution >= 4 is 0 Å². The Bertz CT molecular complexity index is 368. The molecule has 0 amide bonds. The van der Waals surface area contributed by atoms with Crippen molar-refractivity contribution < 1.29 is 4.74 Å². The molecule has 1 aliphatic rings. The molecule has 1 aliphatic heterocycles. The van der Waals surface area contributed by atoms with Crippen LogP contribution in [0.4, 0.5) is 0 Å². The number of aromatic nitrogens is 2. The highest BCUT2D eigenvalue weighted by molar-refractivity contribution is 5.29. The van der Waals surface area contributed by atoms with Crippen LogP contribution in [0.25, 0.3) is 0 Å². The molecule has 2 heterocycles. The van der Waals surface area contributed by atoms with Gasteiger partial charge in [0, 0.05) is 24.9 Å². The van der Waals surface area contributed by atoms with Crippen molar-refractivity contribution in [2.45, 2.75) is 6.42 Å². The van der Waals surface area contributed by atoms with Crippen LogP contribution < -0.4 is 10.1 Å². The molecule has 0 radical (unpaired) electrons. The summed E-state index contributed by atoms with van der Waals surface area (Å²) < 4.78 is 5.48. The Morgan fingerprint density at radius 3 is 3.13 bits per heavy atom. The number of ether oxygens (including phenoxy) is 1. The lowest BCUT2D eigenvalue weighted by Crippen LogP contribution is -2.16. The summed E-state index contributed by atoms with van der Waals surface area (Å²) in [6.07, 6.45) is 4.13. The van der Waals surface area contributed by atoms with Crippen molar-refractivity contribution in [2.24, 2.45) is 5.92 Å². The predicted molar refractivity (Wildman–Crippen MR) is 53.2 cm³/mol. The van der Waals surface area contributed by atoms with Gasteiger partial charge in [-0.2, -0.15) is 5.26 Å². The van der Waals surface area contributed by atoms with E-state index in [1.54, 1.807) is 0 Å². The van der Waals surface area contributed by atoms with Gasteiger partial charge in [-0.05, 0) is 13.0 Å². The molecule has 15 heavy (non-hydrogen) atoms. The molecule has 1 aromatic heterocycles. The lowest BCUT2D eigenvalue weighted by Gasteiger charge is -2.09. The van der Waals surface area contributed by atoms with Gasteiger partial charge in [0.15, 0.2) is 0 Å². The lowest BCUT2D eigenvalue weighted by atomic mass is 10.1. The minimum Gasteiger partial charge on any atom is -0.475 e. The fourth-order valence-corrected chi connectivity index (χ4v) is 1.56. The molecule has 5 heteroatoms. The molecule has 78 valence electrons. The number of nitrogens with zero attached hydrogens (tertiary/aromatic N) is 3. The van der Waals surface area contributed by atoms with Crippen LogP contribution in [-0.4, -0.2) is 29.7 Å². The van der Waals surface area contributed by atoms with E-state index >= 15 is 0 Å². The van der Waals surface area contributed by atoms with E-state index in [-0.39, 0.29) is 5.69 Å². The SMILES string of the molecule is N#Cc1nccnc1OCC1CCNC1. The Kier molecular flexibility index (Phi) is 3.10. The van der Waals surface area contributed by atoms with E-state index in [4.69, 9.17) is 10.00 Å². The lowest BCUT2D eigenvalue weighted by molar-refractivity contribution is 0.249. The van der Waals surface area contributed by atoms with E-state index in [2.05, 4.69) is 15.3 Å². The van der Waals surface area contributed by atoms with E-state index in [0.717, 1.165) is 19.5 Å². The number of hydrogen-bond acceptors (Lipinski definition) is 5. The quantitative estimate of drug-likeness (QED) is 0.768. The highest BCUT2D eigenvalue weighted by Crippen LogP contribution is 2.13. The summed E-state index contributed by atoms with van der Waals surface area (Å²) in [6.45, 7) is 2.61. The zero-order valence-corrected chi connectivity index (χ0v) is 8.31. The Labute approximate surface area is 88.1 Å². The number of rotatable bonds is 3. The Morgan fingerprint density at radius 1 is 1.53 bits per heavy atom. The zero-order valence-electron chi connectivity index (χ0n) is 8.31.